The van der Waals surface area contributed by atoms with E-state index in [9.17, 15) is 4.79 Å². The summed E-state index contributed by atoms with van der Waals surface area (Å²) in [7, 11) is 0. The van der Waals surface area contributed by atoms with E-state index in [0.717, 1.165) is 49.8 Å². The Kier molecular flexibility index (Phi) is 5.84. The van der Waals surface area contributed by atoms with Gasteiger partial charge in [-0.05, 0) is 37.9 Å². The Hall–Kier alpha value is -1.95. The molecular weight excluding hydrogens is 340 g/mol. The first-order valence-electron chi connectivity index (χ1n) is 9.98. The minimum Gasteiger partial charge on any atom is -0.444 e. The van der Waals surface area contributed by atoms with Gasteiger partial charge in [0.2, 0.25) is 5.89 Å². The molecule has 1 saturated heterocycles. The summed E-state index contributed by atoms with van der Waals surface area (Å²) < 4.78 is 7.48. The van der Waals surface area contributed by atoms with E-state index in [-0.39, 0.29) is 11.0 Å². The van der Waals surface area contributed by atoms with Crippen LogP contribution in [-0.4, -0.2) is 32.8 Å². The first kappa shape index (κ1) is 19.8. The highest BCUT2D eigenvalue weighted by atomic mass is 16.4. The van der Waals surface area contributed by atoms with Crippen molar-refractivity contribution in [3.05, 3.63) is 46.0 Å². The fourth-order valence-electron chi connectivity index (χ4n) is 3.41. The Labute approximate surface area is 161 Å². The van der Waals surface area contributed by atoms with E-state index in [1.165, 1.54) is 0 Å². The lowest BCUT2D eigenvalue weighted by Crippen LogP contribution is -2.37. The Bertz CT molecular complexity index is 808. The monoisotopic (exact) mass is 372 g/mol. The van der Waals surface area contributed by atoms with E-state index in [2.05, 4.69) is 49.6 Å². The molecule has 3 heterocycles. The van der Waals surface area contributed by atoms with E-state index in [0.29, 0.717) is 18.4 Å². The van der Waals surface area contributed by atoms with Crippen molar-refractivity contribution < 1.29 is 4.42 Å². The van der Waals surface area contributed by atoms with E-state index >= 15 is 0 Å². The zero-order valence-corrected chi connectivity index (χ0v) is 17.2. The van der Waals surface area contributed by atoms with E-state index in [1.807, 2.05) is 12.3 Å². The van der Waals surface area contributed by atoms with Crippen molar-refractivity contribution in [2.45, 2.75) is 71.9 Å². The minimum atomic E-state index is -0.0519. The molecule has 0 unspecified atom stereocenters. The van der Waals surface area contributed by atoms with Crippen LogP contribution in [0.1, 0.15) is 70.7 Å². The fraction of sp³-hybridized carbons (Fsp3) is 0.667. The number of likely N-dealkylation sites (tertiary alicyclic amines) is 1. The second-order valence-corrected chi connectivity index (χ2v) is 9.02. The van der Waals surface area contributed by atoms with Crippen molar-refractivity contribution in [3.8, 4) is 0 Å². The van der Waals surface area contributed by atoms with Gasteiger partial charge in [0.25, 0.3) is 5.56 Å². The van der Waals surface area contributed by atoms with Gasteiger partial charge in [-0.25, -0.2) is 9.67 Å². The molecule has 27 heavy (non-hydrogen) atoms. The quantitative estimate of drug-likeness (QED) is 0.803. The summed E-state index contributed by atoms with van der Waals surface area (Å²) in [6.07, 6.45) is 3.96. The maximum Gasteiger partial charge on any atom is 0.266 e. The van der Waals surface area contributed by atoms with Gasteiger partial charge in [-0.1, -0.05) is 34.6 Å². The third-order valence-electron chi connectivity index (χ3n) is 5.27. The van der Waals surface area contributed by atoms with E-state index in [4.69, 9.17) is 4.42 Å². The molecule has 6 heteroatoms. The average Bonchev–Trinajstić information content (AvgIpc) is 3.06. The Morgan fingerprint density at radius 2 is 1.93 bits per heavy atom. The van der Waals surface area contributed by atoms with Gasteiger partial charge < -0.3 is 4.42 Å². The summed E-state index contributed by atoms with van der Waals surface area (Å²) in [4.78, 5) is 19.0. The zero-order valence-electron chi connectivity index (χ0n) is 17.2. The van der Waals surface area contributed by atoms with Crippen LogP contribution in [0, 0.1) is 5.92 Å². The van der Waals surface area contributed by atoms with Crippen LogP contribution in [0.4, 0.5) is 0 Å². The summed E-state index contributed by atoms with van der Waals surface area (Å²) in [5.41, 5.74) is 0.903. The summed E-state index contributed by atoms with van der Waals surface area (Å²) in [5, 5.41) is 4.61. The second-order valence-electron chi connectivity index (χ2n) is 9.02. The minimum absolute atomic E-state index is 0.00794. The fourth-order valence-corrected chi connectivity index (χ4v) is 3.41. The summed E-state index contributed by atoms with van der Waals surface area (Å²) in [6.45, 7) is 14.0. The maximum atomic E-state index is 12.2. The lowest BCUT2D eigenvalue weighted by molar-refractivity contribution is 0.151. The highest BCUT2D eigenvalue weighted by Gasteiger charge is 2.23. The molecule has 0 aliphatic carbocycles. The van der Waals surface area contributed by atoms with Gasteiger partial charge in [0.05, 0.1) is 18.4 Å². The third-order valence-corrected chi connectivity index (χ3v) is 5.27. The van der Waals surface area contributed by atoms with Crippen LogP contribution in [0.2, 0.25) is 0 Å². The molecule has 6 nitrogen and oxygen atoms in total. The van der Waals surface area contributed by atoms with Gasteiger partial charge in [-0.15, -0.1) is 0 Å². The molecule has 2 aromatic heterocycles. The van der Waals surface area contributed by atoms with Crippen molar-refractivity contribution >= 4 is 0 Å². The largest absolute Gasteiger partial charge is 0.444 e. The standard InChI is InChI=1S/C21H32N4O2/c1-15(2)17-12-22-19(27-17)14-24-10-8-16(9-11-24)13-25-20(26)7-6-18(23-25)21(3,4)5/h6-7,12,15-16H,8-11,13-14H2,1-5H3. The molecule has 0 radical (unpaired) electrons. The smallest absolute Gasteiger partial charge is 0.266 e. The molecule has 0 aromatic carbocycles. The van der Waals surface area contributed by atoms with Gasteiger partial charge in [-0.3, -0.25) is 9.69 Å². The Balaban J connectivity index is 1.56. The van der Waals surface area contributed by atoms with Crippen LogP contribution < -0.4 is 5.56 Å². The Morgan fingerprint density at radius 1 is 1.22 bits per heavy atom. The lowest BCUT2D eigenvalue weighted by Gasteiger charge is -2.31. The SMILES string of the molecule is CC(C)c1cnc(CN2CCC(Cn3nc(C(C)(C)C)ccc3=O)CC2)o1. The number of rotatable bonds is 5. The maximum absolute atomic E-state index is 12.2. The number of hydrogen-bond donors (Lipinski definition) is 0. The first-order chi connectivity index (χ1) is 12.7. The van der Waals surface area contributed by atoms with Gasteiger partial charge in [0, 0.05) is 23.9 Å². The number of oxazole rings is 1. The molecule has 0 bridgehead atoms. The summed E-state index contributed by atoms with van der Waals surface area (Å²) >= 11 is 0. The van der Waals surface area contributed by atoms with Crippen LogP contribution in [0.3, 0.4) is 0 Å². The number of nitrogens with zero attached hydrogens (tertiary/aromatic N) is 4. The predicted octanol–water partition coefficient (Wildman–Crippen LogP) is 3.56. The number of hydrogen-bond acceptors (Lipinski definition) is 5. The molecule has 1 aliphatic heterocycles. The van der Waals surface area contributed by atoms with Crippen molar-refractivity contribution in [1.29, 1.82) is 0 Å². The van der Waals surface area contributed by atoms with Gasteiger partial charge >= 0.3 is 0 Å². The van der Waals surface area contributed by atoms with Crippen LogP contribution in [0.5, 0.6) is 0 Å². The Morgan fingerprint density at radius 3 is 2.52 bits per heavy atom. The molecular formula is C21H32N4O2. The average molecular weight is 373 g/mol. The van der Waals surface area contributed by atoms with Crippen LogP contribution >= 0.6 is 0 Å². The summed E-state index contributed by atoms with van der Waals surface area (Å²) in [5.74, 6) is 2.60. The normalized spacial score (nSPS) is 17.0. The molecule has 148 valence electrons. The van der Waals surface area contributed by atoms with Crippen molar-refractivity contribution in [2.75, 3.05) is 13.1 Å². The summed E-state index contributed by atoms with van der Waals surface area (Å²) in [6, 6.07) is 3.50. The molecule has 0 amide bonds. The molecule has 1 aliphatic rings. The number of piperidine rings is 1. The van der Waals surface area contributed by atoms with Gasteiger partial charge in [0.15, 0.2) is 0 Å². The van der Waals surface area contributed by atoms with Crippen LogP contribution in [0.25, 0.3) is 0 Å². The second kappa shape index (κ2) is 7.97. The van der Waals surface area contributed by atoms with Crippen molar-refractivity contribution in [2.24, 2.45) is 5.92 Å². The predicted molar refractivity (Wildman–Crippen MR) is 106 cm³/mol. The molecule has 0 spiro atoms. The molecule has 0 atom stereocenters. The van der Waals surface area contributed by atoms with Crippen LogP contribution in [-0.2, 0) is 18.5 Å². The molecule has 2 aromatic rings. The number of aromatic nitrogens is 3. The van der Waals surface area contributed by atoms with Crippen LogP contribution in [0.15, 0.2) is 27.5 Å². The van der Waals surface area contributed by atoms with E-state index < -0.39 is 0 Å². The van der Waals surface area contributed by atoms with Gasteiger partial charge in [-0.2, -0.15) is 5.10 Å². The highest BCUT2D eigenvalue weighted by molar-refractivity contribution is 5.10. The van der Waals surface area contributed by atoms with Crippen molar-refractivity contribution in [3.63, 3.8) is 0 Å². The molecule has 1 fully saturated rings. The van der Waals surface area contributed by atoms with Gasteiger partial charge in [0.1, 0.15) is 5.76 Å². The zero-order chi connectivity index (χ0) is 19.6. The lowest BCUT2D eigenvalue weighted by atomic mass is 9.92. The molecule has 0 N–H and O–H groups in total. The van der Waals surface area contributed by atoms with Crippen molar-refractivity contribution in [1.82, 2.24) is 19.7 Å². The third kappa shape index (κ3) is 5.06. The van der Waals surface area contributed by atoms with E-state index in [1.54, 1.807) is 10.7 Å². The highest BCUT2D eigenvalue weighted by Crippen LogP contribution is 2.22. The first-order valence-corrected chi connectivity index (χ1v) is 9.98. The molecule has 0 saturated carbocycles. The molecule has 3 rings (SSSR count). The topological polar surface area (TPSA) is 64.2 Å².